The van der Waals surface area contributed by atoms with E-state index in [2.05, 4.69) is 37.2 Å². The fourth-order valence-electron chi connectivity index (χ4n) is 2.15. The van der Waals surface area contributed by atoms with E-state index in [0.717, 1.165) is 21.3 Å². The van der Waals surface area contributed by atoms with Crippen molar-refractivity contribution in [2.45, 2.75) is 6.04 Å². The van der Waals surface area contributed by atoms with Gasteiger partial charge in [-0.2, -0.15) is 0 Å². The number of hydrogen-bond acceptors (Lipinski definition) is 2. The third-order valence-corrected chi connectivity index (χ3v) is 4.41. The summed E-state index contributed by atoms with van der Waals surface area (Å²) in [4.78, 5) is 0. The molecule has 0 fully saturated rings. The minimum absolute atomic E-state index is 0.174. The van der Waals surface area contributed by atoms with Gasteiger partial charge in [0.25, 0.3) is 0 Å². The largest absolute Gasteiger partial charge is 0.496 e. The first-order valence-electron chi connectivity index (χ1n) is 6.03. The van der Waals surface area contributed by atoms with Crippen LogP contribution in [0.5, 0.6) is 5.75 Å². The minimum atomic E-state index is -0.281. The Morgan fingerprint density at radius 2 is 1.90 bits per heavy atom. The van der Waals surface area contributed by atoms with Gasteiger partial charge in [-0.05, 0) is 52.8 Å². The van der Waals surface area contributed by atoms with Crippen molar-refractivity contribution in [1.29, 1.82) is 0 Å². The fourth-order valence-corrected chi connectivity index (χ4v) is 3.02. The zero-order valence-electron chi connectivity index (χ0n) is 11.1. The molecule has 2 rings (SSSR count). The first-order valence-corrected chi connectivity index (χ1v) is 7.61. The summed E-state index contributed by atoms with van der Waals surface area (Å²) in [7, 11) is 3.46. The maximum Gasteiger partial charge on any atom is 0.137 e. The quantitative estimate of drug-likeness (QED) is 0.802. The van der Waals surface area contributed by atoms with Gasteiger partial charge in [0.05, 0.1) is 17.6 Å². The van der Waals surface area contributed by atoms with Crippen molar-refractivity contribution in [2.75, 3.05) is 14.2 Å². The topological polar surface area (TPSA) is 21.3 Å². The number of halogens is 3. The van der Waals surface area contributed by atoms with Gasteiger partial charge in [0.15, 0.2) is 0 Å². The Labute approximate surface area is 134 Å². The summed E-state index contributed by atoms with van der Waals surface area (Å²) in [6.45, 7) is 0. The molecular weight excluding hydrogens is 389 g/mol. The molecule has 0 radical (unpaired) electrons. The highest BCUT2D eigenvalue weighted by molar-refractivity contribution is 9.10. The summed E-state index contributed by atoms with van der Waals surface area (Å²) in [5.74, 6) is 0.473. The summed E-state index contributed by atoms with van der Waals surface area (Å²) in [6.07, 6.45) is 0. The third-order valence-electron chi connectivity index (χ3n) is 3.08. The monoisotopic (exact) mass is 401 g/mol. The molecule has 0 aliphatic carbocycles. The van der Waals surface area contributed by atoms with Crippen LogP contribution in [0.4, 0.5) is 4.39 Å². The average molecular weight is 403 g/mol. The highest BCUT2D eigenvalue weighted by atomic mass is 79.9. The summed E-state index contributed by atoms with van der Waals surface area (Å²) < 4.78 is 20.5. The molecule has 5 heteroatoms. The Bertz CT molecular complexity index is 619. The molecule has 0 bridgehead atoms. The van der Waals surface area contributed by atoms with Crippen LogP contribution >= 0.6 is 31.9 Å². The second kappa shape index (κ2) is 6.70. The molecule has 106 valence electrons. The van der Waals surface area contributed by atoms with E-state index in [1.165, 1.54) is 6.07 Å². The molecule has 0 spiro atoms. The Balaban J connectivity index is 2.58. The lowest BCUT2D eigenvalue weighted by atomic mass is 9.98. The Morgan fingerprint density at radius 1 is 1.15 bits per heavy atom. The Kier molecular flexibility index (Phi) is 5.18. The standard InChI is InChI=1S/C15H14Br2FNO/c1-19-15(10-4-3-5-12(18)14(10)17)11-8-9(16)6-7-13(11)20-2/h3-8,15,19H,1-2H3. The molecule has 20 heavy (non-hydrogen) atoms. The molecular formula is C15H14Br2FNO. The van der Waals surface area contributed by atoms with E-state index in [1.54, 1.807) is 13.2 Å². The van der Waals surface area contributed by atoms with Gasteiger partial charge in [-0.1, -0.05) is 28.1 Å². The highest BCUT2D eigenvalue weighted by Crippen LogP contribution is 2.35. The van der Waals surface area contributed by atoms with E-state index >= 15 is 0 Å². The minimum Gasteiger partial charge on any atom is -0.496 e. The molecule has 2 aromatic rings. The number of rotatable bonds is 4. The summed E-state index contributed by atoms with van der Waals surface area (Å²) >= 11 is 6.78. The molecule has 1 atom stereocenters. The summed E-state index contributed by atoms with van der Waals surface area (Å²) in [5, 5.41) is 3.21. The molecule has 1 N–H and O–H groups in total. The van der Waals surface area contributed by atoms with Crippen LogP contribution in [0.3, 0.4) is 0 Å². The maximum absolute atomic E-state index is 13.7. The van der Waals surface area contributed by atoms with Crippen molar-refractivity contribution in [2.24, 2.45) is 0 Å². The van der Waals surface area contributed by atoms with Crippen molar-refractivity contribution < 1.29 is 9.13 Å². The molecule has 0 aromatic heterocycles. The molecule has 1 unspecified atom stereocenters. The second-order valence-electron chi connectivity index (χ2n) is 4.25. The van der Waals surface area contributed by atoms with Crippen LogP contribution in [0.25, 0.3) is 0 Å². The van der Waals surface area contributed by atoms with E-state index in [1.807, 2.05) is 31.3 Å². The number of ether oxygens (including phenoxy) is 1. The first kappa shape index (κ1) is 15.5. The first-order chi connectivity index (χ1) is 9.58. The van der Waals surface area contributed by atoms with Crippen molar-refractivity contribution in [3.63, 3.8) is 0 Å². The zero-order chi connectivity index (χ0) is 14.7. The van der Waals surface area contributed by atoms with Gasteiger partial charge in [0, 0.05) is 10.0 Å². The van der Waals surface area contributed by atoms with Crippen LogP contribution in [-0.4, -0.2) is 14.2 Å². The summed E-state index contributed by atoms with van der Waals surface area (Å²) in [6, 6.07) is 10.6. The van der Waals surface area contributed by atoms with Crippen molar-refractivity contribution in [3.05, 3.63) is 62.3 Å². The van der Waals surface area contributed by atoms with Gasteiger partial charge in [-0.3, -0.25) is 0 Å². The molecule has 0 aliphatic rings. The molecule has 0 heterocycles. The van der Waals surface area contributed by atoms with Gasteiger partial charge in [0.1, 0.15) is 11.6 Å². The zero-order valence-corrected chi connectivity index (χ0v) is 14.3. The average Bonchev–Trinajstić information content (AvgIpc) is 2.44. The maximum atomic E-state index is 13.7. The number of nitrogens with one attached hydrogen (secondary N) is 1. The fraction of sp³-hybridized carbons (Fsp3) is 0.200. The predicted octanol–water partition coefficient (Wildman–Crippen LogP) is 4.67. The van der Waals surface area contributed by atoms with E-state index in [-0.39, 0.29) is 11.9 Å². The highest BCUT2D eigenvalue weighted by Gasteiger charge is 2.20. The lowest BCUT2D eigenvalue weighted by Crippen LogP contribution is -2.19. The second-order valence-corrected chi connectivity index (χ2v) is 5.96. The third kappa shape index (κ3) is 3.05. The van der Waals surface area contributed by atoms with Crippen LogP contribution in [0, 0.1) is 5.82 Å². The van der Waals surface area contributed by atoms with E-state index in [4.69, 9.17) is 4.74 Å². The molecule has 2 nitrogen and oxygen atoms in total. The van der Waals surface area contributed by atoms with Crippen LogP contribution in [0.2, 0.25) is 0 Å². The lowest BCUT2D eigenvalue weighted by molar-refractivity contribution is 0.405. The molecule has 0 saturated heterocycles. The smallest absolute Gasteiger partial charge is 0.137 e. The number of methoxy groups -OCH3 is 1. The van der Waals surface area contributed by atoms with Crippen molar-refractivity contribution in [1.82, 2.24) is 5.32 Å². The van der Waals surface area contributed by atoms with Crippen LogP contribution in [0.15, 0.2) is 45.3 Å². The van der Waals surface area contributed by atoms with E-state index < -0.39 is 0 Å². The van der Waals surface area contributed by atoms with Gasteiger partial charge < -0.3 is 10.1 Å². The normalized spacial score (nSPS) is 12.2. The molecule has 0 aliphatic heterocycles. The van der Waals surface area contributed by atoms with Crippen molar-refractivity contribution >= 4 is 31.9 Å². The molecule has 0 saturated carbocycles. The number of hydrogen-bond donors (Lipinski definition) is 1. The van der Waals surface area contributed by atoms with Crippen molar-refractivity contribution in [3.8, 4) is 5.75 Å². The van der Waals surface area contributed by atoms with E-state index in [9.17, 15) is 4.39 Å². The number of benzene rings is 2. The Morgan fingerprint density at radius 3 is 2.55 bits per heavy atom. The van der Waals surface area contributed by atoms with Gasteiger partial charge >= 0.3 is 0 Å². The van der Waals surface area contributed by atoms with Gasteiger partial charge in [0.2, 0.25) is 0 Å². The van der Waals surface area contributed by atoms with Crippen LogP contribution in [-0.2, 0) is 0 Å². The predicted molar refractivity (Wildman–Crippen MR) is 85.7 cm³/mol. The molecule has 2 aromatic carbocycles. The van der Waals surface area contributed by atoms with E-state index in [0.29, 0.717) is 4.47 Å². The SMILES string of the molecule is CNC(c1cc(Br)ccc1OC)c1cccc(F)c1Br. The van der Waals surface area contributed by atoms with Crippen LogP contribution < -0.4 is 10.1 Å². The Hall–Kier alpha value is -0.910. The summed E-state index contributed by atoms with van der Waals surface area (Å²) in [5.41, 5.74) is 1.76. The van der Waals surface area contributed by atoms with Crippen LogP contribution in [0.1, 0.15) is 17.2 Å². The molecule has 0 amide bonds. The lowest BCUT2D eigenvalue weighted by Gasteiger charge is -2.21. The van der Waals surface area contributed by atoms with Gasteiger partial charge in [-0.25, -0.2) is 4.39 Å². The van der Waals surface area contributed by atoms with Gasteiger partial charge in [-0.15, -0.1) is 0 Å².